The third-order valence-electron chi connectivity index (χ3n) is 4.11. The van der Waals surface area contributed by atoms with Crippen molar-refractivity contribution in [3.8, 4) is 17.9 Å². The minimum atomic E-state index is -4.62. The van der Waals surface area contributed by atoms with Gasteiger partial charge < -0.3 is 14.4 Å². The molecule has 1 aliphatic heterocycles. The highest BCUT2D eigenvalue weighted by molar-refractivity contribution is 6.32. The molecule has 28 heavy (non-hydrogen) atoms. The van der Waals surface area contributed by atoms with Crippen LogP contribution in [-0.2, 0) is 4.74 Å². The van der Waals surface area contributed by atoms with Crippen LogP contribution in [0.4, 0.5) is 18.9 Å². The van der Waals surface area contributed by atoms with E-state index in [2.05, 4.69) is 0 Å². The van der Waals surface area contributed by atoms with Crippen LogP contribution in [0.5, 0.6) is 5.75 Å². The zero-order valence-electron chi connectivity index (χ0n) is 14.3. The predicted octanol–water partition coefficient (Wildman–Crippen LogP) is 4.26. The summed E-state index contributed by atoms with van der Waals surface area (Å²) in [5.74, 6) is 0.422. The Balaban J connectivity index is 1.74. The van der Waals surface area contributed by atoms with Crippen molar-refractivity contribution in [2.45, 2.75) is 18.5 Å². The Hall–Kier alpha value is -2.94. The highest BCUT2D eigenvalue weighted by Crippen LogP contribution is 2.36. The molecule has 0 N–H and O–H groups in total. The number of ether oxygens (including phenoxy) is 2. The summed E-state index contributed by atoms with van der Waals surface area (Å²) < 4.78 is 51.0. The molecule has 2 atom stereocenters. The first-order valence-corrected chi connectivity index (χ1v) is 8.51. The lowest BCUT2D eigenvalue weighted by molar-refractivity contribution is -0.215. The molecule has 2 aromatic rings. The number of nitrogens with zero attached hydrogens (tertiary/aromatic N) is 3. The molecule has 0 aliphatic carbocycles. The standard InChI is InChI=1S/C19H13ClF3N3O2/c20-17-7-14(4-3-13(17)9-25)26-10-16(28-18(26)19(21,22)23)11-27-15-5-1-12(8-24)2-6-15/h1-7,16,18H,10-11H2. The Morgan fingerprint density at radius 3 is 2.43 bits per heavy atom. The molecule has 0 radical (unpaired) electrons. The van der Waals surface area contributed by atoms with Crippen LogP contribution >= 0.6 is 11.6 Å². The van der Waals surface area contributed by atoms with Crippen LogP contribution in [0.2, 0.25) is 5.02 Å². The van der Waals surface area contributed by atoms with Gasteiger partial charge in [-0.15, -0.1) is 0 Å². The van der Waals surface area contributed by atoms with Crippen molar-refractivity contribution in [3.05, 3.63) is 58.6 Å². The second-order valence-corrected chi connectivity index (χ2v) is 6.43. The van der Waals surface area contributed by atoms with Crippen molar-refractivity contribution in [2.24, 2.45) is 0 Å². The molecular formula is C19H13ClF3N3O2. The molecule has 144 valence electrons. The summed E-state index contributed by atoms with van der Waals surface area (Å²) in [6.07, 6.45) is -7.61. The van der Waals surface area contributed by atoms with Crippen molar-refractivity contribution in [3.63, 3.8) is 0 Å². The lowest BCUT2D eigenvalue weighted by atomic mass is 10.2. The lowest BCUT2D eigenvalue weighted by Gasteiger charge is -2.26. The fraction of sp³-hybridized carbons (Fsp3) is 0.263. The van der Waals surface area contributed by atoms with Gasteiger partial charge in [0.15, 0.2) is 0 Å². The minimum Gasteiger partial charge on any atom is -0.491 e. The molecule has 2 aromatic carbocycles. The van der Waals surface area contributed by atoms with E-state index < -0.39 is 18.5 Å². The van der Waals surface area contributed by atoms with Crippen LogP contribution in [-0.4, -0.2) is 31.7 Å². The Morgan fingerprint density at radius 2 is 1.86 bits per heavy atom. The number of halogens is 4. The van der Waals surface area contributed by atoms with E-state index in [-0.39, 0.29) is 29.4 Å². The van der Waals surface area contributed by atoms with Gasteiger partial charge in [0.2, 0.25) is 6.23 Å². The van der Waals surface area contributed by atoms with E-state index in [1.54, 1.807) is 24.3 Å². The molecule has 0 spiro atoms. The number of anilines is 1. The van der Waals surface area contributed by atoms with Gasteiger partial charge >= 0.3 is 6.18 Å². The van der Waals surface area contributed by atoms with Gasteiger partial charge in [0.05, 0.1) is 28.8 Å². The lowest BCUT2D eigenvalue weighted by Crippen LogP contribution is -2.42. The van der Waals surface area contributed by atoms with Gasteiger partial charge in [-0.25, -0.2) is 0 Å². The maximum atomic E-state index is 13.4. The number of rotatable bonds is 4. The van der Waals surface area contributed by atoms with Crippen molar-refractivity contribution in [1.29, 1.82) is 10.5 Å². The molecule has 1 aliphatic rings. The normalized spacial score (nSPS) is 19.1. The summed E-state index contributed by atoms with van der Waals surface area (Å²) >= 11 is 5.95. The predicted molar refractivity (Wildman–Crippen MR) is 94.9 cm³/mol. The number of hydrogen-bond acceptors (Lipinski definition) is 5. The second-order valence-electron chi connectivity index (χ2n) is 6.03. The van der Waals surface area contributed by atoms with Crippen LogP contribution in [0.3, 0.4) is 0 Å². The van der Waals surface area contributed by atoms with Crippen molar-refractivity contribution >= 4 is 17.3 Å². The van der Waals surface area contributed by atoms with E-state index in [9.17, 15) is 13.2 Å². The van der Waals surface area contributed by atoms with Gasteiger partial charge in [0, 0.05) is 5.69 Å². The first-order chi connectivity index (χ1) is 13.3. The molecule has 0 bridgehead atoms. The summed E-state index contributed by atoms with van der Waals surface area (Å²) in [4.78, 5) is 1.04. The molecule has 2 unspecified atom stereocenters. The summed E-state index contributed by atoms with van der Waals surface area (Å²) in [6, 6.07) is 14.1. The quantitative estimate of drug-likeness (QED) is 0.757. The van der Waals surface area contributed by atoms with Crippen LogP contribution < -0.4 is 9.64 Å². The summed E-state index contributed by atoms with van der Waals surface area (Å²) in [5.41, 5.74) is 0.826. The van der Waals surface area contributed by atoms with Gasteiger partial charge in [-0.2, -0.15) is 23.7 Å². The Labute approximate surface area is 164 Å². The fourth-order valence-electron chi connectivity index (χ4n) is 2.79. The van der Waals surface area contributed by atoms with Gasteiger partial charge in [-0.3, -0.25) is 0 Å². The first-order valence-electron chi connectivity index (χ1n) is 8.13. The SMILES string of the molecule is N#Cc1ccc(OCC2CN(c3ccc(C#N)c(Cl)c3)C(C(F)(F)F)O2)cc1. The van der Waals surface area contributed by atoms with Crippen molar-refractivity contribution in [2.75, 3.05) is 18.1 Å². The average Bonchev–Trinajstić information content (AvgIpc) is 3.11. The maximum absolute atomic E-state index is 13.4. The van der Waals surface area contributed by atoms with Gasteiger partial charge in [0.1, 0.15) is 24.5 Å². The van der Waals surface area contributed by atoms with Gasteiger partial charge in [-0.1, -0.05) is 11.6 Å². The second kappa shape index (κ2) is 7.97. The zero-order valence-corrected chi connectivity index (χ0v) is 15.0. The van der Waals surface area contributed by atoms with Crippen LogP contribution in [0, 0.1) is 22.7 Å². The van der Waals surface area contributed by atoms with Gasteiger partial charge in [0.25, 0.3) is 0 Å². The molecule has 5 nitrogen and oxygen atoms in total. The third kappa shape index (κ3) is 4.30. The van der Waals surface area contributed by atoms with E-state index in [1.165, 1.54) is 18.2 Å². The van der Waals surface area contributed by atoms with Crippen LogP contribution in [0.25, 0.3) is 0 Å². The van der Waals surface area contributed by atoms with E-state index in [0.717, 1.165) is 4.90 Å². The Morgan fingerprint density at radius 1 is 1.14 bits per heavy atom. The molecule has 1 fully saturated rings. The highest BCUT2D eigenvalue weighted by Gasteiger charge is 2.51. The topological polar surface area (TPSA) is 69.3 Å². The largest absolute Gasteiger partial charge is 0.491 e. The first kappa shape index (κ1) is 19.8. The molecule has 9 heteroatoms. The third-order valence-corrected chi connectivity index (χ3v) is 4.42. The fourth-order valence-corrected chi connectivity index (χ4v) is 3.01. The molecular weight excluding hydrogens is 395 g/mol. The summed E-state index contributed by atoms with van der Waals surface area (Å²) in [5, 5.41) is 17.8. The highest BCUT2D eigenvalue weighted by atomic mass is 35.5. The summed E-state index contributed by atoms with van der Waals surface area (Å²) in [6.45, 7) is -0.165. The minimum absolute atomic E-state index is 0.0668. The molecule has 0 aromatic heterocycles. The van der Waals surface area contributed by atoms with Crippen molar-refractivity contribution < 1.29 is 22.6 Å². The average molecular weight is 408 g/mol. The van der Waals surface area contributed by atoms with E-state index in [0.29, 0.717) is 11.3 Å². The Kier molecular flexibility index (Phi) is 5.64. The molecule has 3 rings (SSSR count). The monoisotopic (exact) mass is 407 g/mol. The number of nitriles is 2. The van der Waals surface area contributed by atoms with Crippen molar-refractivity contribution in [1.82, 2.24) is 0 Å². The smallest absolute Gasteiger partial charge is 0.433 e. The summed E-state index contributed by atoms with van der Waals surface area (Å²) in [7, 11) is 0. The van der Waals surface area contributed by atoms with Crippen LogP contribution in [0.15, 0.2) is 42.5 Å². The van der Waals surface area contributed by atoms with E-state index in [4.69, 9.17) is 31.6 Å². The maximum Gasteiger partial charge on any atom is 0.433 e. The number of alkyl halides is 3. The molecule has 0 amide bonds. The van der Waals surface area contributed by atoms with E-state index >= 15 is 0 Å². The Bertz CT molecular complexity index is 935. The molecule has 1 saturated heterocycles. The van der Waals surface area contributed by atoms with E-state index in [1.807, 2.05) is 12.1 Å². The van der Waals surface area contributed by atoms with Crippen LogP contribution in [0.1, 0.15) is 11.1 Å². The number of benzene rings is 2. The zero-order chi connectivity index (χ0) is 20.3. The van der Waals surface area contributed by atoms with Gasteiger partial charge in [-0.05, 0) is 42.5 Å². The molecule has 1 heterocycles. The molecule has 0 saturated carbocycles. The number of hydrogen-bond donors (Lipinski definition) is 0.